The molecule has 0 bridgehead atoms. The molecule has 72 valence electrons. The molecule has 0 atom stereocenters. The van der Waals surface area contributed by atoms with Gasteiger partial charge in [0.1, 0.15) is 0 Å². The molecule has 0 saturated heterocycles. The van der Waals surface area contributed by atoms with Crippen LogP contribution in [0.2, 0.25) is 0 Å². The van der Waals surface area contributed by atoms with Crippen LogP contribution in [0.25, 0.3) is 0 Å². The van der Waals surface area contributed by atoms with Gasteiger partial charge in [0.2, 0.25) is 0 Å². The van der Waals surface area contributed by atoms with Crippen LogP contribution in [-0.4, -0.2) is 10.1 Å². The van der Waals surface area contributed by atoms with Gasteiger partial charge >= 0.3 is 0 Å². The van der Waals surface area contributed by atoms with Crippen molar-refractivity contribution in [3.05, 3.63) is 35.3 Å². The minimum atomic E-state index is 0.125. The Kier molecular flexibility index (Phi) is 2.37. The molecule has 0 unspecified atom stereocenters. The van der Waals surface area contributed by atoms with Gasteiger partial charge in [0.25, 0.3) is 5.19 Å². The first kappa shape index (κ1) is 9.02. The number of nitrogens with zero attached hydrogens (tertiary/aromatic N) is 1. The molecular formula is C10H9NO2S. The lowest BCUT2D eigenvalue weighted by Crippen LogP contribution is -1.83. The van der Waals surface area contributed by atoms with Crippen molar-refractivity contribution in [3.8, 4) is 16.7 Å². The molecule has 0 aliphatic rings. The van der Waals surface area contributed by atoms with Crippen molar-refractivity contribution in [2.45, 2.75) is 6.92 Å². The Morgan fingerprint density at radius 2 is 2.14 bits per heavy atom. The first-order chi connectivity index (χ1) is 6.75. The van der Waals surface area contributed by atoms with Crippen molar-refractivity contribution in [1.29, 1.82) is 0 Å². The van der Waals surface area contributed by atoms with Crippen molar-refractivity contribution >= 4 is 11.3 Å². The standard InChI is InChI=1S/C10H9NO2S/c1-7-6-14-10(11-7)13-9-5-3-2-4-8(9)12/h2-6,12H,1H3. The van der Waals surface area contributed by atoms with Crippen LogP contribution in [-0.2, 0) is 0 Å². The Morgan fingerprint density at radius 3 is 2.79 bits per heavy atom. The number of aryl methyl sites for hydroxylation is 1. The first-order valence-electron chi connectivity index (χ1n) is 4.13. The Balaban J connectivity index is 2.23. The van der Waals surface area contributed by atoms with Gasteiger partial charge in [-0.05, 0) is 19.1 Å². The zero-order chi connectivity index (χ0) is 9.97. The van der Waals surface area contributed by atoms with Crippen molar-refractivity contribution in [2.75, 3.05) is 0 Å². The van der Waals surface area contributed by atoms with E-state index in [-0.39, 0.29) is 5.75 Å². The summed E-state index contributed by atoms with van der Waals surface area (Å²) >= 11 is 1.41. The van der Waals surface area contributed by atoms with Gasteiger partial charge in [-0.1, -0.05) is 23.5 Å². The Bertz CT molecular complexity index is 439. The number of benzene rings is 1. The highest BCUT2D eigenvalue weighted by Crippen LogP contribution is 2.31. The lowest BCUT2D eigenvalue weighted by atomic mass is 10.3. The van der Waals surface area contributed by atoms with Crippen LogP contribution in [0.3, 0.4) is 0 Å². The maximum absolute atomic E-state index is 9.43. The van der Waals surface area contributed by atoms with Crippen molar-refractivity contribution in [1.82, 2.24) is 4.98 Å². The molecule has 0 amide bonds. The smallest absolute Gasteiger partial charge is 0.279 e. The number of ether oxygens (including phenoxy) is 1. The van der Waals surface area contributed by atoms with Crippen LogP contribution >= 0.6 is 11.3 Å². The molecular weight excluding hydrogens is 198 g/mol. The summed E-state index contributed by atoms with van der Waals surface area (Å²) in [6, 6.07) is 6.83. The minimum absolute atomic E-state index is 0.125. The summed E-state index contributed by atoms with van der Waals surface area (Å²) in [5.74, 6) is 0.558. The predicted molar refractivity (Wildman–Crippen MR) is 55.0 cm³/mol. The number of hydrogen-bond donors (Lipinski definition) is 1. The largest absolute Gasteiger partial charge is 0.504 e. The second-order valence-corrected chi connectivity index (χ2v) is 3.65. The number of hydrogen-bond acceptors (Lipinski definition) is 4. The number of thiazole rings is 1. The van der Waals surface area contributed by atoms with Crippen LogP contribution in [0.1, 0.15) is 5.69 Å². The van der Waals surface area contributed by atoms with Crippen molar-refractivity contribution in [2.24, 2.45) is 0 Å². The molecule has 0 spiro atoms. The van der Waals surface area contributed by atoms with Gasteiger partial charge in [-0.25, -0.2) is 4.98 Å². The maximum atomic E-state index is 9.43. The summed E-state index contributed by atoms with van der Waals surface area (Å²) in [7, 11) is 0. The zero-order valence-corrected chi connectivity index (χ0v) is 8.41. The van der Waals surface area contributed by atoms with Gasteiger partial charge in [-0.15, -0.1) is 0 Å². The average molecular weight is 207 g/mol. The number of rotatable bonds is 2. The summed E-state index contributed by atoms with van der Waals surface area (Å²) in [5.41, 5.74) is 0.917. The van der Waals surface area contributed by atoms with E-state index in [1.54, 1.807) is 24.3 Å². The van der Waals surface area contributed by atoms with E-state index in [1.165, 1.54) is 11.3 Å². The van der Waals surface area contributed by atoms with Crippen LogP contribution in [0.5, 0.6) is 16.7 Å². The quantitative estimate of drug-likeness (QED) is 0.823. The fourth-order valence-corrected chi connectivity index (χ4v) is 1.68. The summed E-state index contributed by atoms with van der Waals surface area (Å²) in [5, 5.41) is 11.9. The second-order valence-electron chi connectivity index (χ2n) is 2.82. The van der Waals surface area contributed by atoms with Crippen LogP contribution in [0.4, 0.5) is 0 Å². The molecule has 2 aromatic rings. The lowest BCUT2D eigenvalue weighted by molar-refractivity contribution is 0.409. The summed E-state index contributed by atoms with van der Waals surface area (Å²) in [6.07, 6.45) is 0. The maximum Gasteiger partial charge on any atom is 0.279 e. The van der Waals surface area contributed by atoms with E-state index in [9.17, 15) is 5.11 Å². The van der Waals surface area contributed by atoms with Gasteiger partial charge < -0.3 is 9.84 Å². The molecule has 1 heterocycles. The molecule has 3 nitrogen and oxygen atoms in total. The highest BCUT2D eigenvalue weighted by molar-refractivity contribution is 7.11. The van der Waals surface area contributed by atoms with E-state index in [4.69, 9.17) is 4.74 Å². The van der Waals surface area contributed by atoms with E-state index < -0.39 is 0 Å². The summed E-state index contributed by atoms with van der Waals surface area (Å²) in [6.45, 7) is 1.90. The van der Waals surface area contributed by atoms with E-state index in [2.05, 4.69) is 4.98 Å². The van der Waals surface area contributed by atoms with E-state index in [0.29, 0.717) is 10.9 Å². The fraction of sp³-hybridized carbons (Fsp3) is 0.100. The van der Waals surface area contributed by atoms with Gasteiger partial charge in [-0.3, -0.25) is 0 Å². The van der Waals surface area contributed by atoms with Crippen molar-refractivity contribution in [3.63, 3.8) is 0 Å². The molecule has 0 saturated carbocycles. The van der Waals surface area contributed by atoms with Gasteiger partial charge in [0.05, 0.1) is 5.69 Å². The van der Waals surface area contributed by atoms with Gasteiger partial charge in [0.15, 0.2) is 11.5 Å². The monoisotopic (exact) mass is 207 g/mol. The SMILES string of the molecule is Cc1csc(Oc2ccccc2O)n1. The summed E-state index contributed by atoms with van der Waals surface area (Å²) < 4.78 is 5.39. The molecule has 1 N–H and O–H groups in total. The molecule has 0 aliphatic heterocycles. The molecule has 1 aromatic carbocycles. The normalized spacial score (nSPS) is 10.1. The number of phenolic OH excluding ortho intramolecular Hbond substituents is 1. The Labute approximate surface area is 85.6 Å². The molecule has 0 aliphatic carbocycles. The second kappa shape index (κ2) is 3.67. The minimum Gasteiger partial charge on any atom is -0.504 e. The average Bonchev–Trinajstić information content (AvgIpc) is 2.56. The number of para-hydroxylation sites is 2. The topological polar surface area (TPSA) is 42.4 Å². The molecule has 2 rings (SSSR count). The van der Waals surface area contributed by atoms with E-state index in [0.717, 1.165) is 5.69 Å². The molecule has 0 fully saturated rings. The first-order valence-corrected chi connectivity index (χ1v) is 5.01. The Hall–Kier alpha value is -1.55. The highest BCUT2D eigenvalue weighted by atomic mass is 32.1. The third-order valence-corrected chi connectivity index (χ3v) is 2.50. The zero-order valence-electron chi connectivity index (χ0n) is 7.60. The number of aromatic hydroxyl groups is 1. The summed E-state index contributed by atoms with van der Waals surface area (Å²) in [4.78, 5) is 4.13. The Morgan fingerprint density at radius 1 is 1.36 bits per heavy atom. The molecule has 4 heteroatoms. The van der Waals surface area contributed by atoms with Gasteiger partial charge in [-0.2, -0.15) is 0 Å². The molecule has 1 aromatic heterocycles. The van der Waals surface area contributed by atoms with Crippen LogP contribution in [0.15, 0.2) is 29.6 Å². The third-order valence-electron chi connectivity index (χ3n) is 1.66. The lowest BCUT2D eigenvalue weighted by Gasteiger charge is -2.02. The molecule has 0 radical (unpaired) electrons. The fourth-order valence-electron chi connectivity index (χ4n) is 1.02. The number of aromatic nitrogens is 1. The van der Waals surface area contributed by atoms with Crippen LogP contribution < -0.4 is 4.74 Å². The van der Waals surface area contributed by atoms with E-state index >= 15 is 0 Å². The highest BCUT2D eigenvalue weighted by Gasteiger charge is 2.04. The van der Waals surface area contributed by atoms with Crippen molar-refractivity contribution < 1.29 is 9.84 Å². The van der Waals surface area contributed by atoms with Crippen LogP contribution in [0, 0.1) is 6.92 Å². The predicted octanol–water partition coefficient (Wildman–Crippen LogP) is 2.95. The van der Waals surface area contributed by atoms with E-state index in [1.807, 2.05) is 12.3 Å². The third kappa shape index (κ3) is 1.85. The molecule has 14 heavy (non-hydrogen) atoms. The number of phenols is 1. The van der Waals surface area contributed by atoms with Gasteiger partial charge in [0, 0.05) is 5.38 Å².